The molecule has 1 aromatic heterocycles. The van der Waals surface area contributed by atoms with Crippen LogP contribution in [0, 0.1) is 5.92 Å². The number of carbonyl (C=O) groups excluding carboxylic acids is 1. The van der Waals surface area contributed by atoms with Crippen LogP contribution in [0.3, 0.4) is 0 Å². The van der Waals surface area contributed by atoms with E-state index < -0.39 is 0 Å². The predicted molar refractivity (Wildman–Crippen MR) is 80.9 cm³/mol. The first-order valence-corrected chi connectivity index (χ1v) is 7.91. The molecule has 0 atom stereocenters. The molecule has 114 valence electrons. The molecule has 1 saturated heterocycles. The highest BCUT2D eigenvalue weighted by Gasteiger charge is 2.29. The Balaban J connectivity index is 1.49. The molecule has 2 aliphatic rings. The largest absolute Gasteiger partial charge is 0.340 e. The molecule has 2 heterocycles. The Morgan fingerprint density at radius 3 is 2.48 bits per heavy atom. The number of piperazine rings is 1. The molecule has 2 fully saturated rings. The Kier molecular flexibility index (Phi) is 4.39. The van der Waals surface area contributed by atoms with Crippen molar-refractivity contribution in [2.24, 2.45) is 5.92 Å². The summed E-state index contributed by atoms with van der Waals surface area (Å²) in [4.78, 5) is 30.5. The van der Waals surface area contributed by atoms with Gasteiger partial charge in [-0.1, -0.05) is 18.9 Å². The second-order valence-electron chi connectivity index (χ2n) is 6.14. The van der Waals surface area contributed by atoms with E-state index >= 15 is 0 Å². The predicted octanol–water partition coefficient (Wildman–Crippen LogP) is 1.21. The Morgan fingerprint density at radius 2 is 1.86 bits per heavy atom. The third-order valence-electron chi connectivity index (χ3n) is 4.64. The lowest BCUT2D eigenvalue weighted by atomic mass is 10.1. The molecule has 1 aromatic rings. The van der Waals surface area contributed by atoms with Crippen molar-refractivity contribution in [1.82, 2.24) is 14.8 Å². The number of hydrogen-bond donors (Lipinski definition) is 1. The van der Waals surface area contributed by atoms with Crippen LogP contribution < -0.4 is 5.56 Å². The highest BCUT2D eigenvalue weighted by Crippen LogP contribution is 2.27. The molecule has 1 amide bonds. The summed E-state index contributed by atoms with van der Waals surface area (Å²) < 4.78 is 0. The van der Waals surface area contributed by atoms with Gasteiger partial charge in [0.2, 0.25) is 11.5 Å². The summed E-state index contributed by atoms with van der Waals surface area (Å²) in [5.41, 5.74) is 1.05. The summed E-state index contributed by atoms with van der Waals surface area (Å²) in [6.45, 7) is 4.33. The lowest BCUT2D eigenvalue weighted by Gasteiger charge is -2.36. The van der Waals surface area contributed by atoms with E-state index in [0.717, 1.165) is 51.1 Å². The molecular formula is C16H23N3O2. The van der Waals surface area contributed by atoms with Crippen molar-refractivity contribution in [3.05, 3.63) is 34.2 Å². The van der Waals surface area contributed by atoms with Crippen molar-refractivity contribution in [2.45, 2.75) is 32.2 Å². The molecule has 0 unspecified atom stereocenters. The van der Waals surface area contributed by atoms with Crippen LogP contribution in [0.4, 0.5) is 0 Å². The number of nitrogens with one attached hydrogen (secondary N) is 1. The summed E-state index contributed by atoms with van der Waals surface area (Å²) in [6, 6.07) is 3.43. The quantitative estimate of drug-likeness (QED) is 0.910. The SMILES string of the molecule is O=C(C1CCCC1)N1CCN(Cc2ccc(=O)[nH]c2)CC1. The van der Waals surface area contributed by atoms with Gasteiger partial charge in [0.25, 0.3) is 0 Å². The van der Waals surface area contributed by atoms with Crippen LogP contribution in [-0.2, 0) is 11.3 Å². The van der Waals surface area contributed by atoms with Gasteiger partial charge in [-0.25, -0.2) is 0 Å². The normalized spacial score (nSPS) is 20.9. The van der Waals surface area contributed by atoms with Crippen molar-refractivity contribution < 1.29 is 4.79 Å². The molecule has 5 heteroatoms. The number of H-pyrrole nitrogens is 1. The van der Waals surface area contributed by atoms with Crippen molar-refractivity contribution >= 4 is 5.91 Å². The average Bonchev–Trinajstić information content (AvgIpc) is 3.04. The average molecular weight is 289 g/mol. The standard InChI is InChI=1S/C16H23N3O2/c20-15-6-5-13(11-17-15)12-18-7-9-19(10-8-18)16(21)14-3-1-2-4-14/h5-6,11,14H,1-4,7-10,12H2,(H,17,20). The second kappa shape index (κ2) is 6.43. The number of rotatable bonds is 3. The maximum atomic E-state index is 12.4. The molecule has 0 bridgehead atoms. The van der Waals surface area contributed by atoms with Gasteiger partial charge in [0.15, 0.2) is 0 Å². The van der Waals surface area contributed by atoms with E-state index in [0.29, 0.717) is 5.91 Å². The van der Waals surface area contributed by atoms with E-state index in [1.54, 1.807) is 12.3 Å². The number of aromatic amines is 1. The number of pyridine rings is 1. The molecule has 0 radical (unpaired) electrons. The number of carbonyl (C=O) groups is 1. The van der Waals surface area contributed by atoms with Gasteiger partial charge < -0.3 is 9.88 Å². The van der Waals surface area contributed by atoms with Crippen LogP contribution in [0.25, 0.3) is 0 Å². The lowest BCUT2D eigenvalue weighted by Crippen LogP contribution is -2.49. The van der Waals surface area contributed by atoms with Gasteiger partial charge in [0.05, 0.1) is 0 Å². The Morgan fingerprint density at radius 1 is 1.14 bits per heavy atom. The van der Waals surface area contributed by atoms with E-state index in [1.165, 1.54) is 12.8 Å². The van der Waals surface area contributed by atoms with Gasteiger partial charge in [-0.05, 0) is 18.4 Å². The number of aromatic nitrogens is 1. The molecule has 0 aromatic carbocycles. The van der Waals surface area contributed by atoms with Crippen LogP contribution in [0.5, 0.6) is 0 Å². The minimum Gasteiger partial charge on any atom is -0.340 e. The second-order valence-corrected chi connectivity index (χ2v) is 6.14. The van der Waals surface area contributed by atoms with E-state index in [1.807, 2.05) is 11.0 Å². The molecule has 1 aliphatic heterocycles. The summed E-state index contributed by atoms with van der Waals surface area (Å²) in [7, 11) is 0. The maximum Gasteiger partial charge on any atom is 0.247 e. The van der Waals surface area contributed by atoms with Crippen molar-refractivity contribution in [3.8, 4) is 0 Å². The van der Waals surface area contributed by atoms with Crippen molar-refractivity contribution in [3.63, 3.8) is 0 Å². The number of nitrogens with zero attached hydrogens (tertiary/aromatic N) is 2. The molecule has 0 spiro atoms. The van der Waals surface area contributed by atoms with E-state index in [-0.39, 0.29) is 11.5 Å². The van der Waals surface area contributed by atoms with Gasteiger partial charge in [-0.3, -0.25) is 14.5 Å². The van der Waals surface area contributed by atoms with E-state index in [9.17, 15) is 9.59 Å². The summed E-state index contributed by atoms with van der Waals surface area (Å²) in [5, 5.41) is 0. The Bertz CT molecular complexity index is 520. The van der Waals surface area contributed by atoms with Gasteiger partial charge in [-0.2, -0.15) is 0 Å². The first-order valence-electron chi connectivity index (χ1n) is 7.91. The van der Waals surface area contributed by atoms with Crippen molar-refractivity contribution in [1.29, 1.82) is 0 Å². The molecule has 1 aliphatic carbocycles. The highest BCUT2D eigenvalue weighted by atomic mass is 16.2. The first-order chi connectivity index (χ1) is 10.2. The fraction of sp³-hybridized carbons (Fsp3) is 0.625. The number of amides is 1. The summed E-state index contributed by atoms with van der Waals surface area (Å²) in [5.74, 6) is 0.659. The first kappa shape index (κ1) is 14.3. The van der Waals surface area contributed by atoms with Gasteiger partial charge in [0.1, 0.15) is 0 Å². The van der Waals surface area contributed by atoms with Crippen LogP contribution in [0.15, 0.2) is 23.1 Å². The van der Waals surface area contributed by atoms with Crippen LogP contribution in [0.1, 0.15) is 31.2 Å². The molecule has 3 rings (SSSR count). The van der Waals surface area contributed by atoms with Crippen molar-refractivity contribution in [2.75, 3.05) is 26.2 Å². The van der Waals surface area contributed by atoms with Gasteiger partial charge in [-0.15, -0.1) is 0 Å². The minimum absolute atomic E-state index is 0.0641. The topological polar surface area (TPSA) is 56.4 Å². The zero-order valence-electron chi connectivity index (χ0n) is 12.4. The van der Waals surface area contributed by atoms with E-state index in [2.05, 4.69) is 9.88 Å². The molecule has 5 nitrogen and oxygen atoms in total. The minimum atomic E-state index is -0.0641. The Labute approximate surface area is 124 Å². The molecule has 21 heavy (non-hydrogen) atoms. The lowest BCUT2D eigenvalue weighted by molar-refractivity contribution is -0.137. The van der Waals surface area contributed by atoms with Gasteiger partial charge in [0, 0.05) is 50.9 Å². The zero-order valence-corrected chi connectivity index (χ0v) is 12.4. The number of hydrogen-bond acceptors (Lipinski definition) is 3. The fourth-order valence-corrected chi connectivity index (χ4v) is 3.36. The fourth-order valence-electron chi connectivity index (χ4n) is 3.36. The van der Waals surface area contributed by atoms with E-state index in [4.69, 9.17) is 0 Å². The smallest absolute Gasteiger partial charge is 0.247 e. The molecular weight excluding hydrogens is 266 g/mol. The molecule has 1 saturated carbocycles. The maximum absolute atomic E-state index is 12.4. The third-order valence-corrected chi connectivity index (χ3v) is 4.64. The molecule has 1 N–H and O–H groups in total. The third kappa shape index (κ3) is 3.53. The van der Waals surface area contributed by atoms with Crippen LogP contribution >= 0.6 is 0 Å². The summed E-state index contributed by atoms with van der Waals surface area (Å²) >= 11 is 0. The monoisotopic (exact) mass is 289 g/mol. The summed E-state index contributed by atoms with van der Waals surface area (Å²) in [6.07, 6.45) is 6.36. The van der Waals surface area contributed by atoms with Gasteiger partial charge >= 0.3 is 0 Å². The van der Waals surface area contributed by atoms with Crippen LogP contribution in [0.2, 0.25) is 0 Å². The zero-order chi connectivity index (χ0) is 14.7. The Hall–Kier alpha value is -1.62. The highest BCUT2D eigenvalue weighted by molar-refractivity contribution is 5.79. The van der Waals surface area contributed by atoms with Crippen LogP contribution in [-0.4, -0.2) is 46.9 Å².